The number of rotatable bonds is 3. The van der Waals surface area contributed by atoms with Crippen LogP contribution in [0.5, 0.6) is 0 Å². The molecule has 2 amide bonds. The van der Waals surface area contributed by atoms with Crippen LogP contribution in [0.15, 0.2) is 42.5 Å². The van der Waals surface area contributed by atoms with Gasteiger partial charge in [0.1, 0.15) is 6.17 Å². The van der Waals surface area contributed by atoms with E-state index in [1.165, 1.54) is 5.56 Å². The molecule has 5 nitrogen and oxygen atoms in total. The van der Waals surface area contributed by atoms with E-state index in [4.69, 9.17) is 0 Å². The highest BCUT2D eigenvalue weighted by Gasteiger charge is 2.36. The van der Waals surface area contributed by atoms with Gasteiger partial charge in [-0.15, -0.1) is 0 Å². The van der Waals surface area contributed by atoms with E-state index in [9.17, 15) is 9.59 Å². The van der Waals surface area contributed by atoms with Gasteiger partial charge in [0.15, 0.2) is 0 Å². The summed E-state index contributed by atoms with van der Waals surface area (Å²) in [6, 6.07) is 13.5. The Morgan fingerprint density at radius 1 is 1.14 bits per heavy atom. The first-order valence-electron chi connectivity index (χ1n) is 10.1. The highest BCUT2D eigenvalue weighted by atomic mass is 16.2. The molecule has 0 saturated carbocycles. The maximum absolute atomic E-state index is 13.0. The lowest BCUT2D eigenvalue weighted by Crippen LogP contribution is -2.53. The van der Waals surface area contributed by atoms with Gasteiger partial charge in [0, 0.05) is 25.7 Å². The first-order chi connectivity index (χ1) is 13.5. The van der Waals surface area contributed by atoms with Crippen molar-refractivity contribution in [1.29, 1.82) is 0 Å². The van der Waals surface area contributed by atoms with E-state index in [2.05, 4.69) is 16.3 Å². The Hall–Kier alpha value is -2.82. The molecular weight excluding hydrogens is 350 g/mol. The number of hydrogen-bond acceptors (Lipinski definition) is 3. The number of hydrogen-bond donors (Lipinski definition) is 1. The molecule has 1 atom stereocenters. The Balaban J connectivity index is 1.55. The number of anilines is 1. The molecule has 2 heterocycles. The van der Waals surface area contributed by atoms with Crippen molar-refractivity contribution in [3.05, 3.63) is 64.7 Å². The molecule has 2 aromatic rings. The zero-order chi connectivity index (χ0) is 19.7. The fourth-order valence-electron chi connectivity index (χ4n) is 4.30. The molecule has 0 radical (unpaired) electrons. The summed E-state index contributed by atoms with van der Waals surface area (Å²) in [6.07, 6.45) is 4.42. The molecule has 5 heteroatoms. The summed E-state index contributed by atoms with van der Waals surface area (Å²) in [6.45, 7) is 3.34. The third kappa shape index (κ3) is 3.49. The Bertz CT molecular complexity index is 908. The van der Waals surface area contributed by atoms with Crippen molar-refractivity contribution in [2.75, 3.05) is 18.5 Å². The summed E-state index contributed by atoms with van der Waals surface area (Å²) in [5.74, 6) is -0.0276. The van der Waals surface area contributed by atoms with Crippen LogP contribution in [0, 0.1) is 6.92 Å². The van der Waals surface area contributed by atoms with Crippen molar-refractivity contribution >= 4 is 17.5 Å². The maximum atomic E-state index is 13.0. The number of amides is 2. The van der Waals surface area contributed by atoms with Gasteiger partial charge in [-0.3, -0.25) is 9.59 Å². The van der Waals surface area contributed by atoms with Gasteiger partial charge in [-0.25, -0.2) is 0 Å². The van der Waals surface area contributed by atoms with E-state index in [1.807, 2.05) is 43.1 Å². The number of aryl methyl sites for hydroxylation is 1. The summed E-state index contributed by atoms with van der Waals surface area (Å²) in [5, 5.41) is 2.99. The van der Waals surface area contributed by atoms with E-state index in [0.29, 0.717) is 17.7 Å². The fraction of sp³-hybridized carbons (Fsp3) is 0.391. The third-order valence-corrected chi connectivity index (χ3v) is 5.83. The lowest BCUT2D eigenvalue weighted by Gasteiger charge is -2.43. The Labute approximate surface area is 166 Å². The standard InChI is InChI=1S/C23H27N3O2/c1-16-7-6-8-17(13-16)15-24-22(27)18-10-11-19-20(14-18)25(2)21-9-4-3-5-12-26(21)23(19)28/h6-8,10-11,13-14,21H,3-5,9,12,15H2,1-2H3,(H,24,27)/t21-/m1/s1. The van der Waals surface area contributed by atoms with Crippen molar-refractivity contribution in [2.45, 2.75) is 45.3 Å². The normalized spacial score (nSPS) is 18.9. The van der Waals surface area contributed by atoms with E-state index >= 15 is 0 Å². The smallest absolute Gasteiger partial charge is 0.257 e. The second kappa shape index (κ2) is 7.66. The highest BCUT2D eigenvalue weighted by molar-refractivity contribution is 6.04. The van der Waals surface area contributed by atoms with Gasteiger partial charge in [0.2, 0.25) is 0 Å². The first kappa shape index (κ1) is 18.5. The molecule has 4 rings (SSSR count). The average molecular weight is 377 g/mol. The molecule has 0 bridgehead atoms. The molecule has 1 fully saturated rings. The number of carbonyl (C=O) groups excluding carboxylic acids is 2. The molecule has 0 unspecified atom stereocenters. The zero-order valence-electron chi connectivity index (χ0n) is 16.6. The summed E-state index contributed by atoms with van der Waals surface area (Å²) in [4.78, 5) is 29.8. The Morgan fingerprint density at radius 3 is 2.82 bits per heavy atom. The highest BCUT2D eigenvalue weighted by Crippen LogP contribution is 2.34. The predicted molar refractivity (Wildman–Crippen MR) is 110 cm³/mol. The van der Waals surface area contributed by atoms with Crippen LogP contribution in [0.4, 0.5) is 5.69 Å². The summed E-state index contributed by atoms with van der Waals surface area (Å²) >= 11 is 0. The molecule has 2 aromatic carbocycles. The van der Waals surface area contributed by atoms with Crippen molar-refractivity contribution in [2.24, 2.45) is 0 Å². The molecule has 0 aliphatic carbocycles. The van der Waals surface area contributed by atoms with Crippen molar-refractivity contribution in [3.63, 3.8) is 0 Å². The minimum absolute atomic E-state index is 0.0896. The van der Waals surface area contributed by atoms with E-state index < -0.39 is 0 Å². The van der Waals surface area contributed by atoms with E-state index in [-0.39, 0.29) is 18.0 Å². The van der Waals surface area contributed by atoms with Gasteiger partial charge in [-0.2, -0.15) is 0 Å². The van der Waals surface area contributed by atoms with Crippen LogP contribution >= 0.6 is 0 Å². The molecule has 146 valence electrons. The van der Waals surface area contributed by atoms with Crippen LogP contribution in [0.2, 0.25) is 0 Å². The minimum atomic E-state index is -0.117. The molecule has 1 N–H and O–H groups in total. The quantitative estimate of drug-likeness (QED) is 0.887. The van der Waals surface area contributed by atoms with Gasteiger partial charge in [0.05, 0.1) is 11.3 Å². The predicted octanol–water partition coefficient (Wildman–Crippen LogP) is 3.72. The number of fused-ring (bicyclic) bond motifs is 2. The fourth-order valence-corrected chi connectivity index (χ4v) is 4.30. The van der Waals surface area contributed by atoms with Crippen LogP contribution in [0.1, 0.15) is 57.5 Å². The van der Waals surface area contributed by atoms with Crippen molar-refractivity contribution < 1.29 is 9.59 Å². The number of nitrogens with one attached hydrogen (secondary N) is 1. The molecule has 0 spiro atoms. The lowest BCUT2D eigenvalue weighted by molar-refractivity contribution is 0.0661. The molecule has 0 aromatic heterocycles. The van der Waals surface area contributed by atoms with Gasteiger partial charge < -0.3 is 15.1 Å². The number of carbonyl (C=O) groups is 2. The Morgan fingerprint density at radius 2 is 2.00 bits per heavy atom. The molecule has 2 aliphatic heterocycles. The zero-order valence-corrected chi connectivity index (χ0v) is 16.6. The van der Waals surface area contributed by atoms with Crippen LogP contribution in [-0.2, 0) is 6.54 Å². The third-order valence-electron chi connectivity index (χ3n) is 5.83. The van der Waals surface area contributed by atoms with E-state index in [1.54, 1.807) is 12.1 Å². The summed E-state index contributed by atoms with van der Waals surface area (Å²) < 4.78 is 0. The van der Waals surface area contributed by atoms with Crippen molar-refractivity contribution in [1.82, 2.24) is 10.2 Å². The van der Waals surface area contributed by atoms with Gasteiger partial charge in [-0.1, -0.05) is 36.2 Å². The van der Waals surface area contributed by atoms with Crippen LogP contribution in [0.3, 0.4) is 0 Å². The van der Waals surface area contributed by atoms with Gasteiger partial charge >= 0.3 is 0 Å². The van der Waals surface area contributed by atoms with E-state index in [0.717, 1.165) is 43.5 Å². The number of benzene rings is 2. The van der Waals surface area contributed by atoms with Gasteiger partial charge in [0.25, 0.3) is 11.8 Å². The largest absolute Gasteiger partial charge is 0.354 e. The Kier molecular flexibility index (Phi) is 5.07. The van der Waals surface area contributed by atoms with Gasteiger partial charge in [-0.05, 0) is 49.9 Å². The first-order valence-corrected chi connectivity index (χ1v) is 10.1. The molecular formula is C23H27N3O2. The topological polar surface area (TPSA) is 52.7 Å². The van der Waals surface area contributed by atoms with Crippen LogP contribution in [0.25, 0.3) is 0 Å². The monoisotopic (exact) mass is 377 g/mol. The summed E-state index contributed by atoms with van der Waals surface area (Å²) in [7, 11) is 2.03. The maximum Gasteiger partial charge on any atom is 0.257 e. The van der Waals surface area contributed by atoms with Crippen LogP contribution in [-0.4, -0.2) is 36.5 Å². The number of nitrogens with zero attached hydrogens (tertiary/aromatic N) is 2. The second-order valence-electron chi connectivity index (χ2n) is 7.84. The average Bonchev–Trinajstić information content (AvgIpc) is 2.96. The summed E-state index contributed by atoms with van der Waals surface area (Å²) in [5.41, 5.74) is 4.39. The minimum Gasteiger partial charge on any atom is -0.354 e. The SMILES string of the molecule is Cc1cccc(CNC(=O)c2ccc3c(c2)N(C)[C@H]2CCCCCN2C3=O)c1. The molecule has 2 aliphatic rings. The van der Waals surface area contributed by atoms with Crippen molar-refractivity contribution in [3.8, 4) is 0 Å². The molecule has 1 saturated heterocycles. The molecule has 28 heavy (non-hydrogen) atoms. The lowest BCUT2D eigenvalue weighted by atomic mass is 10.0. The van der Waals surface area contributed by atoms with Crippen LogP contribution < -0.4 is 10.2 Å². The second-order valence-corrected chi connectivity index (χ2v) is 7.84.